The highest BCUT2D eigenvalue weighted by molar-refractivity contribution is 6.21. The highest BCUT2D eigenvalue weighted by Gasteiger charge is 2.30. The highest BCUT2D eigenvalue weighted by Crippen LogP contribution is 2.29. The maximum atomic E-state index is 12.3. The average molecular weight is 283 g/mol. The number of hydrogen-bond acceptors (Lipinski definition) is 3. The van der Waals surface area contributed by atoms with Gasteiger partial charge in [0, 0.05) is 26.9 Å². The van der Waals surface area contributed by atoms with Crippen molar-refractivity contribution in [2.45, 2.75) is 11.6 Å². The zero-order chi connectivity index (χ0) is 13.8. The maximum Gasteiger partial charge on any atom is 0.417 e. The third kappa shape index (κ3) is 4.34. The van der Waals surface area contributed by atoms with Gasteiger partial charge in [-0.05, 0) is 12.1 Å². The standard InChI is InChI=1S/C11H14ClF3N2O/c1-17(6-9(12)7-18-2)10-4-3-8(5-16-10)11(13,14)15/h3-5,9H,6-7H2,1-2H3. The first-order valence-electron chi connectivity index (χ1n) is 5.22. The van der Waals surface area contributed by atoms with Gasteiger partial charge in [-0.15, -0.1) is 11.6 Å². The van der Waals surface area contributed by atoms with Crippen LogP contribution in [0.2, 0.25) is 0 Å². The molecule has 1 aromatic rings. The molecule has 3 nitrogen and oxygen atoms in total. The number of methoxy groups -OCH3 is 1. The Morgan fingerprint density at radius 2 is 2.11 bits per heavy atom. The van der Waals surface area contributed by atoms with Gasteiger partial charge in [0.1, 0.15) is 5.82 Å². The fourth-order valence-corrected chi connectivity index (χ4v) is 1.74. The minimum Gasteiger partial charge on any atom is -0.383 e. The summed E-state index contributed by atoms with van der Waals surface area (Å²) in [5.41, 5.74) is -0.765. The molecule has 0 bridgehead atoms. The van der Waals surface area contributed by atoms with Crippen molar-refractivity contribution in [3.05, 3.63) is 23.9 Å². The molecule has 1 heterocycles. The van der Waals surface area contributed by atoms with Crippen LogP contribution in [0.25, 0.3) is 0 Å². The van der Waals surface area contributed by atoms with Gasteiger partial charge in [0.25, 0.3) is 0 Å². The van der Waals surface area contributed by atoms with Crippen LogP contribution in [0.1, 0.15) is 5.56 Å². The van der Waals surface area contributed by atoms with Gasteiger partial charge in [0.2, 0.25) is 0 Å². The normalized spacial score (nSPS) is 13.4. The van der Waals surface area contributed by atoms with Crippen LogP contribution >= 0.6 is 11.6 Å². The van der Waals surface area contributed by atoms with Gasteiger partial charge in [0.15, 0.2) is 0 Å². The second kappa shape index (κ2) is 6.24. The molecule has 1 atom stereocenters. The lowest BCUT2D eigenvalue weighted by Crippen LogP contribution is -2.29. The molecule has 102 valence electrons. The highest BCUT2D eigenvalue weighted by atomic mass is 35.5. The van der Waals surface area contributed by atoms with E-state index in [9.17, 15) is 13.2 Å². The number of hydrogen-bond donors (Lipinski definition) is 0. The lowest BCUT2D eigenvalue weighted by molar-refractivity contribution is -0.137. The molecule has 7 heteroatoms. The molecule has 0 radical (unpaired) electrons. The number of alkyl halides is 4. The summed E-state index contributed by atoms with van der Waals surface area (Å²) in [6.07, 6.45) is -3.55. The fourth-order valence-electron chi connectivity index (χ4n) is 1.40. The Morgan fingerprint density at radius 1 is 1.44 bits per heavy atom. The van der Waals surface area contributed by atoms with E-state index in [1.165, 1.54) is 13.2 Å². The van der Waals surface area contributed by atoms with E-state index < -0.39 is 11.7 Å². The summed E-state index contributed by atoms with van der Waals surface area (Å²) in [4.78, 5) is 5.44. The largest absolute Gasteiger partial charge is 0.417 e. The summed E-state index contributed by atoms with van der Waals surface area (Å²) >= 11 is 5.96. The Labute approximate surface area is 109 Å². The lowest BCUT2D eigenvalue weighted by atomic mass is 10.2. The molecule has 0 aliphatic heterocycles. The van der Waals surface area contributed by atoms with E-state index in [2.05, 4.69) is 4.98 Å². The van der Waals surface area contributed by atoms with Gasteiger partial charge < -0.3 is 9.64 Å². The van der Waals surface area contributed by atoms with Crippen molar-refractivity contribution in [3.63, 3.8) is 0 Å². The molecule has 0 aliphatic rings. The predicted octanol–water partition coefficient (Wildman–Crippen LogP) is 2.79. The minimum atomic E-state index is -4.37. The summed E-state index contributed by atoms with van der Waals surface area (Å²) in [5, 5.41) is -0.246. The zero-order valence-electron chi connectivity index (χ0n) is 10.0. The smallest absolute Gasteiger partial charge is 0.383 e. The second-order valence-corrected chi connectivity index (χ2v) is 4.45. The van der Waals surface area contributed by atoms with E-state index in [0.29, 0.717) is 19.0 Å². The first kappa shape index (κ1) is 15.0. The van der Waals surface area contributed by atoms with Gasteiger partial charge in [-0.3, -0.25) is 0 Å². The molecule has 0 aromatic carbocycles. The molecule has 0 spiro atoms. The molecular formula is C11H14ClF3N2O. The molecule has 1 aromatic heterocycles. The summed E-state index contributed by atoms with van der Waals surface area (Å²) in [5.74, 6) is 0.435. The fraction of sp³-hybridized carbons (Fsp3) is 0.545. The van der Waals surface area contributed by atoms with Crippen molar-refractivity contribution in [1.29, 1.82) is 0 Å². The van der Waals surface area contributed by atoms with Gasteiger partial charge in [-0.1, -0.05) is 0 Å². The minimum absolute atomic E-state index is 0.246. The van der Waals surface area contributed by atoms with Gasteiger partial charge in [0.05, 0.1) is 17.5 Å². The van der Waals surface area contributed by atoms with Crippen molar-refractivity contribution in [3.8, 4) is 0 Å². The van der Waals surface area contributed by atoms with E-state index in [1.807, 2.05) is 0 Å². The zero-order valence-corrected chi connectivity index (χ0v) is 10.8. The molecule has 1 rings (SSSR count). The first-order valence-corrected chi connectivity index (χ1v) is 5.65. The number of pyridine rings is 1. The Morgan fingerprint density at radius 3 is 2.56 bits per heavy atom. The van der Waals surface area contributed by atoms with Gasteiger partial charge in [-0.25, -0.2) is 4.98 Å². The Kier molecular flexibility index (Phi) is 5.22. The van der Waals surface area contributed by atoms with Gasteiger partial charge in [-0.2, -0.15) is 13.2 Å². The van der Waals surface area contributed by atoms with Crippen LogP contribution in [0, 0.1) is 0 Å². The Bertz CT molecular complexity index is 370. The molecular weight excluding hydrogens is 269 g/mol. The van der Waals surface area contributed by atoms with E-state index in [0.717, 1.165) is 12.3 Å². The third-order valence-electron chi connectivity index (χ3n) is 2.29. The van der Waals surface area contributed by atoms with Gasteiger partial charge >= 0.3 is 6.18 Å². The summed E-state index contributed by atoms with van der Waals surface area (Å²) in [6.45, 7) is 0.806. The Balaban J connectivity index is 2.67. The van der Waals surface area contributed by atoms with Crippen LogP contribution in [0.15, 0.2) is 18.3 Å². The molecule has 0 aliphatic carbocycles. The summed E-state index contributed by atoms with van der Waals surface area (Å²) in [6, 6.07) is 2.32. The van der Waals surface area contributed by atoms with E-state index >= 15 is 0 Å². The quantitative estimate of drug-likeness (QED) is 0.777. The molecule has 0 N–H and O–H groups in total. The van der Waals surface area contributed by atoms with Crippen LogP contribution in [-0.4, -0.2) is 37.7 Å². The number of aromatic nitrogens is 1. The van der Waals surface area contributed by atoms with E-state index in [-0.39, 0.29) is 5.38 Å². The SMILES string of the molecule is COCC(Cl)CN(C)c1ccc(C(F)(F)F)cn1. The Hall–Kier alpha value is -1.01. The van der Waals surface area contributed by atoms with Crippen molar-refractivity contribution in [2.24, 2.45) is 0 Å². The van der Waals surface area contributed by atoms with Crippen LogP contribution in [0.3, 0.4) is 0 Å². The summed E-state index contributed by atoms with van der Waals surface area (Å²) < 4.78 is 41.9. The number of nitrogens with zero attached hydrogens (tertiary/aromatic N) is 2. The van der Waals surface area contributed by atoms with E-state index in [4.69, 9.17) is 16.3 Å². The topological polar surface area (TPSA) is 25.4 Å². The summed E-state index contributed by atoms with van der Waals surface area (Å²) in [7, 11) is 3.24. The third-order valence-corrected chi connectivity index (χ3v) is 2.55. The van der Waals surface area contributed by atoms with Crippen molar-refractivity contribution < 1.29 is 17.9 Å². The number of rotatable bonds is 5. The molecule has 0 saturated carbocycles. The molecule has 1 unspecified atom stereocenters. The second-order valence-electron chi connectivity index (χ2n) is 3.84. The van der Waals surface area contributed by atoms with E-state index in [1.54, 1.807) is 11.9 Å². The number of anilines is 1. The van der Waals surface area contributed by atoms with Crippen LogP contribution < -0.4 is 4.90 Å². The molecule has 18 heavy (non-hydrogen) atoms. The van der Waals surface area contributed by atoms with Crippen molar-refractivity contribution in [1.82, 2.24) is 4.98 Å². The molecule has 0 saturated heterocycles. The van der Waals surface area contributed by atoms with Crippen LogP contribution in [-0.2, 0) is 10.9 Å². The van der Waals surface area contributed by atoms with Crippen LogP contribution in [0.5, 0.6) is 0 Å². The number of halogens is 4. The predicted molar refractivity (Wildman–Crippen MR) is 64.0 cm³/mol. The first-order chi connectivity index (χ1) is 8.34. The van der Waals surface area contributed by atoms with Crippen molar-refractivity contribution >= 4 is 17.4 Å². The lowest BCUT2D eigenvalue weighted by Gasteiger charge is -2.21. The van der Waals surface area contributed by atoms with Crippen LogP contribution in [0.4, 0.5) is 19.0 Å². The molecule has 0 amide bonds. The molecule has 0 fully saturated rings. The monoisotopic (exact) mass is 282 g/mol. The van der Waals surface area contributed by atoms with Crippen molar-refractivity contribution in [2.75, 3.05) is 32.2 Å². The number of ether oxygens (including phenoxy) is 1. The average Bonchev–Trinajstić information content (AvgIpc) is 2.28. The maximum absolute atomic E-state index is 12.3.